The Kier molecular flexibility index (Phi) is 5.53. The third-order valence-corrected chi connectivity index (χ3v) is 5.16. The van der Waals surface area contributed by atoms with Crippen LogP contribution in [0.2, 0.25) is 0 Å². The maximum atomic E-state index is 13.7. The fourth-order valence-electron chi connectivity index (χ4n) is 3.66. The van der Waals surface area contributed by atoms with Crippen LogP contribution in [0.3, 0.4) is 0 Å². The Morgan fingerprint density at radius 2 is 1.89 bits per heavy atom. The quantitative estimate of drug-likeness (QED) is 0.870. The van der Waals surface area contributed by atoms with Crippen molar-refractivity contribution >= 4 is 17.5 Å². The van der Waals surface area contributed by atoms with Crippen molar-refractivity contribution in [2.24, 2.45) is 0 Å². The largest absolute Gasteiger partial charge is 0.378 e. The molecule has 28 heavy (non-hydrogen) atoms. The van der Waals surface area contributed by atoms with Crippen LogP contribution in [-0.2, 0) is 4.74 Å². The smallest absolute Gasteiger partial charge is 0.227 e. The highest BCUT2D eigenvalue weighted by Crippen LogP contribution is 2.24. The highest BCUT2D eigenvalue weighted by Gasteiger charge is 2.21. The number of hydrogen-bond acceptors (Lipinski definition) is 7. The number of aromatic nitrogens is 2. The molecule has 7 nitrogen and oxygen atoms in total. The first kappa shape index (κ1) is 18.4. The number of nitriles is 1. The average molecular weight is 382 g/mol. The van der Waals surface area contributed by atoms with Crippen LogP contribution < -0.4 is 15.1 Å². The minimum Gasteiger partial charge on any atom is -0.378 e. The second-order valence-corrected chi connectivity index (χ2v) is 7.06. The van der Waals surface area contributed by atoms with Gasteiger partial charge in [0.15, 0.2) is 0 Å². The van der Waals surface area contributed by atoms with Crippen LogP contribution in [0.4, 0.5) is 21.8 Å². The Morgan fingerprint density at radius 3 is 2.64 bits per heavy atom. The molecule has 0 unspecified atom stereocenters. The van der Waals surface area contributed by atoms with Crippen LogP contribution in [0.1, 0.15) is 18.4 Å². The summed E-state index contributed by atoms with van der Waals surface area (Å²) in [6, 6.07) is 8.71. The number of halogens is 1. The lowest BCUT2D eigenvalue weighted by Gasteiger charge is -2.34. The van der Waals surface area contributed by atoms with Crippen LogP contribution in [0.15, 0.2) is 30.5 Å². The van der Waals surface area contributed by atoms with E-state index in [9.17, 15) is 4.39 Å². The van der Waals surface area contributed by atoms with Crippen molar-refractivity contribution in [1.29, 1.82) is 5.26 Å². The molecule has 3 heterocycles. The Bertz CT molecular complexity index is 856. The van der Waals surface area contributed by atoms with Crippen LogP contribution in [0.5, 0.6) is 0 Å². The van der Waals surface area contributed by atoms with E-state index in [2.05, 4.69) is 25.1 Å². The Hall–Kier alpha value is -2.92. The summed E-state index contributed by atoms with van der Waals surface area (Å²) in [5, 5.41) is 12.5. The van der Waals surface area contributed by atoms with Crippen molar-refractivity contribution < 1.29 is 9.13 Å². The molecule has 0 bridgehead atoms. The molecule has 1 aromatic carbocycles. The van der Waals surface area contributed by atoms with E-state index in [-0.39, 0.29) is 5.82 Å². The number of rotatable bonds is 4. The van der Waals surface area contributed by atoms with Gasteiger partial charge in [-0.05, 0) is 37.1 Å². The molecule has 1 N–H and O–H groups in total. The van der Waals surface area contributed by atoms with E-state index >= 15 is 0 Å². The summed E-state index contributed by atoms with van der Waals surface area (Å²) in [4.78, 5) is 13.3. The summed E-state index contributed by atoms with van der Waals surface area (Å²) in [7, 11) is 0. The van der Waals surface area contributed by atoms with Gasteiger partial charge in [0.1, 0.15) is 11.6 Å². The summed E-state index contributed by atoms with van der Waals surface area (Å²) in [6.45, 7) is 4.61. The fourth-order valence-corrected chi connectivity index (χ4v) is 3.66. The van der Waals surface area contributed by atoms with Gasteiger partial charge in [0.2, 0.25) is 5.95 Å². The van der Waals surface area contributed by atoms with Gasteiger partial charge in [-0.3, -0.25) is 0 Å². The van der Waals surface area contributed by atoms with Gasteiger partial charge < -0.3 is 19.9 Å². The lowest BCUT2D eigenvalue weighted by molar-refractivity contribution is 0.122. The molecule has 0 atom stereocenters. The molecule has 8 heteroatoms. The second kappa shape index (κ2) is 8.40. The zero-order chi connectivity index (χ0) is 19.3. The molecular formula is C20H23FN6O. The minimum absolute atomic E-state index is 0.299. The fraction of sp³-hybridized carbons (Fsp3) is 0.450. The van der Waals surface area contributed by atoms with Gasteiger partial charge in [0, 0.05) is 44.1 Å². The van der Waals surface area contributed by atoms with E-state index < -0.39 is 0 Å². The van der Waals surface area contributed by atoms with Crippen molar-refractivity contribution in [1.82, 2.24) is 9.97 Å². The van der Waals surface area contributed by atoms with Gasteiger partial charge in [0.05, 0.1) is 24.8 Å². The van der Waals surface area contributed by atoms with Gasteiger partial charge >= 0.3 is 0 Å². The van der Waals surface area contributed by atoms with Gasteiger partial charge in [-0.2, -0.15) is 10.2 Å². The van der Waals surface area contributed by atoms with Gasteiger partial charge in [-0.1, -0.05) is 0 Å². The average Bonchev–Trinajstić information content (AvgIpc) is 2.74. The maximum absolute atomic E-state index is 13.7. The molecule has 1 aromatic heterocycles. The highest BCUT2D eigenvalue weighted by atomic mass is 19.1. The molecule has 2 aliphatic rings. The lowest BCUT2D eigenvalue weighted by Crippen LogP contribution is -2.39. The van der Waals surface area contributed by atoms with Crippen LogP contribution in [-0.4, -0.2) is 55.4 Å². The summed E-state index contributed by atoms with van der Waals surface area (Å²) >= 11 is 0. The second-order valence-electron chi connectivity index (χ2n) is 7.06. The van der Waals surface area contributed by atoms with E-state index in [1.807, 2.05) is 12.1 Å². The number of nitrogens with one attached hydrogen (secondary N) is 1. The molecule has 0 radical (unpaired) electrons. The molecular weight excluding hydrogens is 359 g/mol. The number of benzene rings is 1. The number of nitrogens with zero attached hydrogens (tertiary/aromatic N) is 5. The minimum atomic E-state index is -0.370. The van der Waals surface area contributed by atoms with Crippen molar-refractivity contribution in [3.05, 3.63) is 41.8 Å². The number of piperidine rings is 1. The third-order valence-electron chi connectivity index (χ3n) is 5.16. The Morgan fingerprint density at radius 1 is 1.11 bits per heavy atom. The summed E-state index contributed by atoms with van der Waals surface area (Å²) in [5.74, 6) is 1.19. The molecule has 0 spiro atoms. The maximum Gasteiger partial charge on any atom is 0.227 e. The summed E-state index contributed by atoms with van der Waals surface area (Å²) < 4.78 is 19.1. The molecule has 4 rings (SSSR count). The van der Waals surface area contributed by atoms with Crippen LogP contribution in [0, 0.1) is 17.1 Å². The SMILES string of the molecule is N#Cc1cc(F)cc(N2CCC(Nc3ccnc(N4CCOCC4)n3)CC2)c1. The zero-order valence-corrected chi connectivity index (χ0v) is 15.6. The Balaban J connectivity index is 1.36. The first-order chi connectivity index (χ1) is 13.7. The molecule has 0 saturated carbocycles. The summed E-state index contributed by atoms with van der Waals surface area (Å²) in [6.07, 6.45) is 3.61. The van der Waals surface area contributed by atoms with E-state index in [4.69, 9.17) is 10.00 Å². The number of morpholine rings is 1. The number of ether oxygens (including phenoxy) is 1. The van der Waals surface area contributed by atoms with E-state index in [1.165, 1.54) is 12.1 Å². The molecule has 2 fully saturated rings. The molecule has 0 amide bonds. The molecule has 0 aliphatic carbocycles. The first-order valence-corrected chi connectivity index (χ1v) is 9.59. The lowest BCUT2D eigenvalue weighted by atomic mass is 10.0. The molecule has 146 valence electrons. The number of hydrogen-bond donors (Lipinski definition) is 1. The topological polar surface area (TPSA) is 77.3 Å². The van der Waals surface area contributed by atoms with Crippen molar-refractivity contribution in [3.63, 3.8) is 0 Å². The Labute approximate surface area is 163 Å². The normalized spacial score (nSPS) is 18.0. The molecule has 2 aliphatic heterocycles. The van der Waals surface area contributed by atoms with E-state index in [0.717, 1.165) is 56.5 Å². The molecule has 2 saturated heterocycles. The predicted octanol–water partition coefficient (Wildman–Crippen LogP) is 2.40. The molecule has 2 aromatic rings. The zero-order valence-electron chi connectivity index (χ0n) is 15.6. The van der Waals surface area contributed by atoms with Gasteiger partial charge in [-0.25, -0.2) is 9.37 Å². The van der Waals surface area contributed by atoms with Crippen LogP contribution in [0.25, 0.3) is 0 Å². The predicted molar refractivity (Wildman–Crippen MR) is 105 cm³/mol. The van der Waals surface area contributed by atoms with Crippen LogP contribution >= 0.6 is 0 Å². The highest BCUT2D eigenvalue weighted by molar-refractivity contribution is 5.52. The van der Waals surface area contributed by atoms with Crippen molar-refractivity contribution in [3.8, 4) is 6.07 Å². The standard InChI is InChI=1S/C20H23FN6O/c21-16-11-15(14-22)12-18(13-16)26-5-2-17(3-6-26)24-19-1-4-23-20(25-19)27-7-9-28-10-8-27/h1,4,11-13,17H,2-3,5-10H2,(H,23,24,25). The van der Waals surface area contributed by atoms with Gasteiger partial charge in [-0.15, -0.1) is 0 Å². The van der Waals surface area contributed by atoms with Crippen molar-refractivity contribution in [2.75, 3.05) is 54.5 Å². The van der Waals surface area contributed by atoms with E-state index in [0.29, 0.717) is 24.8 Å². The van der Waals surface area contributed by atoms with Gasteiger partial charge in [0.25, 0.3) is 0 Å². The first-order valence-electron chi connectivity index (χ1n) is 9.59. The third kappa shape index (κ3) is 4.31. The number of anilines is 3. The van der Waals surface area contributed by atoms with Crippen molar-refractivity contribution in [2.45, 2.75) is 18.9 Å². The van der Waals surface area contributed by atoms with E-state index in [1.54, 1.807) is 12.3 Å². The summed E-state index contributed by atoms with van der Waals surface area (Å²) in [5.41, 5.74) is 1.12. The monoisotopic (exact) mass is 382 g/mol.